The zero-order valence-corrected chi connectivity index (χ0v) is 10.6. The molecule has 0 amide bonds. The highest BCUT2D eigenvalue weighted by Gasteiger charge is 2.06. The second-order valence-electron chi connectivity index (χ2n) is 4.56. The van der Waals surface area contributed by atoms with Crippen LogP contribution in [0.15, 0.2) is 48.7 Å². The lowest BCUT2D eigenvalue weighted by Crippen LogP contribution is -1.95. The van der Waals surface area contributed by atoms with Crippen LogP contribution in [0, 0.1) is 12.7 Å². The Hall–Kier alpha value is -2.29. The minimum atomic E-state index is -0.285. The van der Waals surface area contributed by atoms with Crippen LogP contribution in [0.4, 0.5) is 4.39 Å². The van der Waals surface area contributed by atoms with Crippen molar-refractivity contribution in [2.75, 3.05) is 0 Å². The van der Waals surface area contributed by atoms with Crippen molar-refractivity contribution in [3.8, 4) is 5.75 Å². The highest BCUT2D eigenvalue weighted by atomic mass is 19.1. The average molecular weight is 255 g/mol. The zero-order valence-electron chi connectivity index (χ0n) is 10.6. The minimum Gasteiger partial charge on any atom is -0.489 e. The van der Waals surface area contributed by atoms with Gasteiger partial charge in [-0.3, -0.25) is 0 Å². The van der Waals surface area contributed by atoms with Gasteiger partial charge in [0.05, 0.1) is 0 Å². The quantitative estimate of drug-likeness (QED) is 0.745. The van der Waals surface area contributed by atoms with Crippen LogP contribution in [-0.4, -0.2) is 4.98 Å². The molecule has 0 bridgehead atoms. The van der Waals surface area contributed by atoms with E-state index in [2.05, 4.69) is 18.0 Å². The van der Waals surface area contributed by atoms with Crippen LogP contribution in [0.5, 0.6) is 5.75 Å². The van der Waals surface area contributed by atoms with Crippen LogP contribution in [0.2, 0.25) is 0 Å². The first-order chi connectivity index (χ1) is 9.24. The Kier molecular flexibility index (Phi) is 2.95. The minimum absolute atomic E-state index is 0.285. The third kappa shape index (κ3) is 2.32. The van der Waals surface area contributed by atoms with Gasteiger partial charge in [-0.1, -0.05) is 18.2 Å². The molecule has 3 aromatic rings. The maximum atomic E-state index is 13.1. The molecule has 2 nitrogen and oxygen atoms in total. The smallest absolute Gasteiger partial charge is 0.126 e. The summed E-state index contributed by atoms with van der Waals surface area (Å²) in [4.78, 5) is 3.22. The van der Waals surface area contributed by atoms with Crippen molar-refractivity contribution in [3.63, 3.8) is 0 Å². The van der Waals surface area contributed by atoms with Crippen molar-refractivity contribution in [1.29, 1.82) is 0 Å². The molecule has 0 radical (unpaired) electrons. The van der Waals surface area contributed by atoms with Gasteiger partial charge in [0.15, 0.2) is 0 Å². The topological polar surface area (TPSA) is 25.0 Å². The molecule has 1 heterocycles. The molecule has 0 aliphatic carbocycles. The Morgan fingerprint density at radius 2 is 2.00 bits per heavy atom. The van der Waals surface area contributed by atoms with Crippen molar-refractivity contribution in [1.82, 2.24) is 4.98 Å². The number of nitrogens with one attached hydrogen (secondary N) is 1. The van der Waals surface area contributed by atoms with E-state index in [4.69, 9.17) is 4.74 Å². The number of aromatic nitrogens is 1. The Morgan fingerprint density at radius 3 is 2.84 bits per heavy atom. The van der Waals surface area contributed by atoms with Gasteiger partial charge in [0.2, 0.25) is 0 Å². The largest absolute Gasteiger partial charge is 0.489 e. The van der Waals surface area contributed by atoms with E-state index in [1.807, 2.05) is 18.3 Å². The molecule has 0 aliphatic heterocycles. The summed E-state index contributed by atoms with van der Waals surface area (Å²) in [5.74, 6) is 0.260. The van der Waals surface area contributed by atoms with Crippen molar-refractivity contribution < 1.29 is 9.13 Å². The maximum absolute atomic E-state index is 13.1. The fourth-order valence-corrected chi connectivity index (χ4v) is 2.28. The molecular formula is C16H14FNO. The molecule has 3 rings (SSSR count). The van der Waals surface area contributed by atoms with E-state index in [-0.39, 0.29) is 5.82 Å². The van der Waals surface area contributed by atoms with Crippen molar-refractivity contribution in [2.24, 2.45) is 0 Å². The summed E-state index contributed by atoms with van der Waals surface area (Å²) < 4.78 is 18.7. The first kappa shape index (κ1) is 11.8. The summed E-state index contributed by atoms with van der Waals surface area (Å²) in [6.45, 7) is 2.50. The van der Waals surface area contributed by atoms with Crippen molar-refractivity contribution >= 4 is 10.9 Å². The Morgan fingerprint density at radius 1 is 1.16 bits per heavy atom. The number of hydrogen-bond acceptors (Lipinski definition) is 1. The second-order valence-corrected chi connectivity index (χ2v) is 4.56. The van der Waals surface area contributed by atoms with Gasteiger partial charge in [-0.05, 0) is 30.7 Å². The van der Waals surface area contributed by atoms with Crippen LogP contribution in [0.25, 0.3) is 10.9 Å². The number of ether oxygens (including phenoxy) is 1. The predicted molar refractivity (Wildman–Crippen MR) is 73.8 cm³/mol. The molecule has 0 unspecified atom stereocenters. The highest BCUT2D eigenvalue weighted by Crippen LogP contribution is 2.23. The average Bonchev–Trinajstić information content (AvgIpc) is 2.81. The van der Waals surface area contributed by atoms with Crippen molar-refractivity contribution in [2.45, 2.75) is 13.5 Å². The summed E-state index contributed by atoms with van der Waals surface area (Å²) in [7, 11) is 0. The Balaban J connectivity index is 1.86. The fourth-order valence-electron chi connectivity index (χ4n) is 2.28. The van der Waals surface area contributed by atoms with Gasteiger partial charge < -0.3 is 9.72 Å². The van der Waals surface area contributed by atoms with E-state index in [1.165, 1.54) is 23.1 Å². The van der Waals surface area contributed by atoms with Gasteiger partial charge in [0.25, 0.3) is 0 Å². The number of halogens is 1. The molecule has 2 aromatic carbocycles. The van der Waals surface area contributed by atoms with E-state index < -0.39 is 0 Å². The SMILES string of the molecule is Cc1cccc2[nH]cc(COc3cccc(F)c3)c12. The van der Waals surface area contributed by atoms with Crippen LogP contribution >= 0.6 is 0 Å². The van der Waals surface area contributed by atoms with E-state index >= 15 is 0 Å². The van der Waals surface area contributed by atoms with Crippen LogP contribution in [-0.2, 0) is 6.61 Å². The molecule has 0 saturated heterocycles. The number of rotatable bonds is 3. The number of aryl methyl sites for hydroxylation is 1. The van der Waals surface area contributed by atoms with Gasteiger partial charge in [-0.25, -0.2) is 4.39 Å². The Bertz CT molecular complexity index is 718. The van der Waals surface area contributed by atoms with E-state index in [9.17, 15) is 4.39 Å². The highest BCUT2D eigenvalue weighted by molar-refractivity contribution is 5.86. The molecule has 96 valence electrons. The van der Waals surface area contributed by atoms with Crippen LogP contribution in [0.3, 0.4) is 0 Å². The fraction of sp³-hybridized carbons (Fsp3) is 0.125. The summed E-state index contributed by atoms with van der Waals surface area (Å²) >= 11 is 0. The molecule has 0 saturated carbocycles. The normalized spacial score (nSPS) is 10.8. The third-order valence-corrected chi connectivity index (χ3v) is 3.19. The predicted octanol–water partition coefficient (Wildman–Crippen LogP) is 4.19. The maximum Gasteiger partial charge on any atom is 0.126 e. The second kappa shape index (κ2) is 4.76. The summed E-state index contributed by atoms with van der Waals surface area (Å²) in [5, 5.41) is 1.18. The molecule has 1 N–H and O–H groups in total. The number of aromatic amines is 1. The number of H-pyrrole nitrogens is 1. The molecule has 0 fully saturated rings. The molecular weight excluding hydrogens is 241 g/mol. The van der Waals surface area contributed by atoms with Crippen LogP contribution in [0.1, 0.15) is 11.1 Å². The van der Waals surface area contributed by atoms with Crippen molar-refractivity contribution in [3.05, 3.63) is 65.6 Å². The molecule has 0 atom stereocenters. The van der Waals surface area contributed by atoms with Crippen LogP contribution < -0.4 is 4.74 Å². The van der Waals surface area contributed by atoms with Gasteiger partial charge in [0, 0.05) is 28.7 Å². The van der Waals surface area contributed by atoms with E-state index in [1.54, 1.807) is 12.1 Å². The lowest BCUT2D eigenvalue weighted by Gasteiger charge is -2.06. The van der Waals surface area contributed by atoms with E-state index in [0.29, 0.717) is 12.4 Å². The zero-order chi connectivity index (χ0) is 13.2. The van der Waals surface area contributed by atoms with E-state index in [0.717, 1.165) is 11.1 Å². The van der Waals surface area contributed by atoms with Gasteiger partial charge in [0.1, 0.15) is 18.2 Å². The monoisotopic (exact) mass is 255 g/mol. The molecule has 1 aromatic heterocycles. The lowest BCUT2D eigenvalue weighted by molar-refractivity contribution is 0.306. The number of hydrogen-bond donors (Lipinski definition) is 1. The summed E-state index contributed by atoms with van der Waals surface area (Å²) in [5.41, 5.74) is 3.38. The standard InChI is InChI=1S/C16H14FNO/c1-11-4-2-7-15-16(11)12(9-18-15)10-19-14-6-3-5-13(17)8-14/h2-9,18H,10H2,1H3. The molecule has 19 heavy (non-hydrogen) atoms. The Labute approximate surface area is 110 Å². The summed E-state index contributed by atoms with van der Waals surface area (Å²) in [6.07, 6.45) is 1.94. The molecule has 0 spiro atoms. The summed E-state index contributed by atoms with van der Waals surface area (Å²) in [6, 6.07) is 12.3. The lowest BCUT2D eigenvalue weighted by atomic mass is 10.1. The first-order valence-electron chi connectivity index (χ1n) is 6.18. The molecule has 0 aliphatic rings. The first-order valence-corrected chi connectivity index (χ1v) is 6.18. The van der Waals surface area contributed by atoms with Gasteiger partial charge in [-0.15, -0.1) is 0 Å². The third-order valence-electron chi connectivity index (χ3n) is 3.19. The molecule has 3 heteroatoms. The van der Waals surface area contributed by atoms with Gasteiger partial charge in [-0.2, -0.15) is 0 Å². The number of fused-ring (bicyclic) bond motifs is 1. The number of benzene rings is 2. The van der Waals surface area contributed by atoms with Gasteiger partial charge >= 0.3 is 0 Å².